The van der Waals surface area contributed by atoms with E-state index in [1.54, 1.807) is 10.3 Å². The predicted molar refractivity (Wildman–Crippen MR) is 64.4 cm³/mol. The van der Waals surface area contributed by atoms with E-state index in [1.165, 1.54) is 11.3 Å². The molecular weight excluding hydrogens is 222 g/mol. The first-order valence-electron chi connectivity index (χ1n) is 5.34. The van der Waals surface area contributed by atoms with Crippen LogP contribution in [0.5, 0.6) is 0 Å². The van der Waals surface area contributed by atoms with Crippen LogP contribution in [0.2, 0.25) is 0 Å². The number of thiazole rings is 1. The third-order valence-electron chi connectivity index (χ3n) is 2.48. The summed E-state index contributed by atoms with van der Waals surface area (Å²) in [5, 5.41) is 2.61. The normalized spacial score (nSPS) is 17.5. The molecule has 4 nitrogen and oxygen atoms in total. The van der Waals surface area contributed by atoms with Crippen LogP contribution in [0.15, 0.2) is 17.5 Å². The molecular formula is C11H15N3OS. The number of nitrogens with two attached hydrogens (primary N) is 1. The van der Waals surface area contributed by atoms with E-state index in [0.29, 0.717) is 12.2 Å². The highest BCUT2D eigenvalue weighted by Gasteiger charge is 2.19. The van der Waals surface area contributed by atoms with Crippen molar-refractivity contribution in [3.05, 3.63) is 28.2 Å². The van der Waals surface area contributed by atoms with Crippen LogP contribution >= 0.6 is 11.3 Å². The number of hydrogen-bond donors (Lipinski definition) is 1. The Kier molecular flexibility index (Phi) is 3.36. The van der Waals surface area contributed by atoms with Crippen LogP contribution in [-0.4, -0.2) is 28.9 Å². The van der Waals surface area contributed by atoms with Gasteiger partial charge in [0.25, 0.3) is 5.91 Å². The predicted octanol–water partition coefficient (Wildman–Crippen LogP) is 1.56. The third kappa shape index (κ3) is 2.31. The van der Waals surface area contributed by atoms with E-state index in [-0.39, 0.29) is 11.9 Å². The van der Waals surface area contributed by atoms with Gasteiger partial charge in [-0.05, 0) is 13.3 Å². The Balaban J connectivity index is 2.11. The quantitative estimate of drug-likeness (QED) is 0.794. The van der Waals surface area contributed by atoms with Crippen molar-refractivity contribution in [1.82, 2.24) is 9.88 Å². The van der Waals surface area contributed by atoms with Crippen LogP contribution < -0.4 is 5.73 Å². The number of hydrogen-bond acceptors (Lipinski definition) is 4. The van der Waals surface area contributed by atoms with E-state index in [1.807, 2.05) is 13.0 Å². The largest absolute Gasteiger partial charge is 0.333 e. The van der Waals surface area contributed by atoms with Crippen LogP contribution in [0.1, 0.15) is 34.9 Å². The zero-order chi connectivity index (χ0) is 11.5. The van der Waals surface area contributed by atoms with E-state index >= 15 is 0 Å². The van der Waals surface area contributed by atoms with E-state index < -0.39 is 0 Å². The molecule has 0 radical (unpaired) electrons. The summed E-state index contributed by atoms with van der Waals surface area (Å²) in [5.41, 5.74) is 6.24. The molecule has 16 heavy (non-hydrogen) atoms. The van der Waals surface area contributed by atoms with Crippen molar-refractivity contribution < 1.29 is 4.79 Å². The molecule has 1 aliphatic rings. The summed E-state index contributed by atoms with van der Waals surface area (Å²) >= 11 is 1.45. The minimum Gasteiger partial charge on any atom is -0.333 e. The number of carbonyl (C=O) groups excluding carboxylic acids is 1. The Labute approximate surface area is 98.8 Å². The van der Waals surface area contributed by atoms with Crippen molar-refractivity contribution in [1.29, 1.82) is 0 Å². The third-order valence-corrected chi connectivity index (χ3v) is 3.52. The van der Waals surface area contributed by atoms with E-state index in [4.69, 9.17) is 5.73 Å². The Morgan fingerprint density at radius 3 is 3.00 bits per heavy atom. The van der Waals surface area contributed by atoms with Gasteiger partial charge in [-0.2, -0.15) is 0 Å². The molecule has 1 aliphatic heterocycles. The minimum absolute atomic E-state index is 0.00694. The highest BCUT2D eigenvalue weighted by Crippen LogP contribution is 2.17. The van der Waals surface area contributed by atoms with Gasteiger partial charge < -0.3 is 10.6 Å². The van der Waals surface area contributed by atoms with Gasteiger partial charge in [0.1, 0.15) is 10.7 Å². The van der Waals surface area contributed by atoms with E-state index in [9.17, 15) is 4.79 Å². The van der Waals surface area contributed by atoms with Crippen LogP contribution in [0.25, 0.3) is 0 Å². The van der Waals surface area contributed by atoms with E-state index in [2.05, 4.69) is 11.1 Å². The van der Waals surface area contributed by atoms with Gasteiger partial charge in [-0.25, -0.2) is 4.98 Å². The summed E-state index contributed by atoms with van der Waals surface area (Å²) in [7, 11) is 0. The van der Waals surface area contributed by atoms with Gasteiger partial charge >= 0.3 is 0 Å². The summed E-state index contributed by atoms with van der Waals surface area (Å²) in [6.07, 6.45) is 5.04. The molecule has 2 rings (SSSR count). The average Bonchev–Trinajstić information content (AvgIpc) is 2.78. The highest BCUT2D eigenvalue weighted by atomic mass is 32.1. The monoisotopic (exact) mass is 237 g/mol. The molecule has 0 fully saturated rings. The first-order valence-corrected chi connectivity index (χ1v) is 6.21. The lowest BCUT2D eigenvalue weighted by Crippen LogP contribution is -2.34. The first kappa shape index (κ1) is 11.3. The zero-order valence-electron chi connectivity index (χ0n) is 9.22. The summed E-state index contributed by atoms with van der Waals surface area (Å²) in [4.78, 5) is 18.1. The molecule has 0 spiro atoms. The van der Waals surface area contributed by atoms with Crippen LogP contribution in [0.4, 0.5) is 0 Å². The van der Waals surface area contributed by atoms with Gasteiger partial charge in [0.05, 0.1) is 6.04 Å². The SMILES string of the molecule is CC(N)c1nc(C(=O)N2CC=CCC2)cs1. The lowest BCUT2D eigenvalue weighted by Gasteiger charge is -2.22. The van der Waals surface area contributed by atoms with Crippen molar-refractivity contribution in [2.75, 3.05) is 13.1 Å². The Bertz CT molecular complexity index is 411. The summed E-state index contributed by atoms with van der Waals surface area (Å²) in [5.74, 6) is 0.00694. The van der Waals surface area contributed by atoms with Crippen LogP contribution in [-0.2, 0) is 0 Å². The van der Waals surface area contributed by atoms with Gasteiger partial charge in [-0.1, -0.05) is 12.2 Å². The zero-order valence-corrected chi connectivity index (χ0v) is 10.0. The van der Waals surface area contributed by atoms with Crippen molar-refractivity contribution >= 4 is 17.2 Å². The Morgan fingerprint density at radius 2 is 2.44 bits per heavy atom. The van der Waals surface area contributed by atoms with Crippen molar-refractivity contribution in [2.24, 2.45) is 5.73 Å². The summed E-state index contributed by atoms with van der Waals surface area (Å²) in [6, 6.07) is -0.104. The fraction of sp³-hybridized carbons (Fsp3) is 0.455. The molecule has 1 atom stereocenters. The van der Waals surface area contributed by atoms with Gasteiger partial charge in [-0.3, -0.25) is 4.79 Å². The molecule has 0 aliphatic carbocycles. The molecule has 0 bridgehead atoms. The van der Waals surface area contributed by atoms with Crippen molar-refractivity contribution in [3.8, 4) is 0 Å². The molecule has 0 aromatic carbocycles. The number of carbonyl (C=O) groups is 1. The fourth-order valence-corrected chi connectivity index (χ4v) is 2.33. The smallest absolute Gasteiger partial charge is 0.273 e. The molecule has 1 unspecified atom stereocenters. The average molecular weight is 237 g/mol. The van der Waals surface area contributed by atoms with Gasteiger partial charge in [0, 0.05) is 18.5 Å². The van der Waals surface area contributed by atoms with Crippen molar-refractivity contribution in [3.63, 3.8) is 0 Å². The molecule has 5 heteroatoms. The molecule has 0 saturated heterocycles. The number of aromatic nitrogens is 1. The first-order chi connectivity index (χ1) is 7.68. The van der Waals surface area contributed by atoms with Gasteiger partial charge in [0.15, 0.2) is 0 Å². The van der Waals surface area contributed by atoms with Gasteiger partial charge in [-0.15, -0.1) is 11.3 Å². The van der Waals surface area contributed by atoms with Crippen molar-refractivity contribution in [2.45, 2.75) is 19.4 Å². The maximum atomic E-state index is 12.0. The molecule has 2 N–H and O–H groups in total. The van der Waals surface area contributed by atoms with Crippen LogP contribution in [0.3, 0.4) is 0 Å². The van der Waals surface area contributed by atoms with E-state index in [0.717, 1.165) is 18.0 Å². The second kappa shape index (κ2) is 4.76. The fourth-order valence-electron chi connectivity index (χ4n) is 1.58. The second-order valence-corrected chi connectivity index (χ2v) is 4.76. The standard InChI is InChI=1S/C11H15N3OS/c1-8(12)10-13-9(7-16-10)11(15)14-5-3-2-4-6-14/h2-3,7-8H,4-6,12H2,1H3. The Morgan fingerprint density at radius 1 is 1.62 bits per heavy atom. The molecule has 1 aromatic rings. The summed E-state index contributed by atoms with van der Waals surface area (Å²) in [6.45, 7) is 3.33. The number of amides is 1. The maximum absolute atomic E-state index is 12.0. The second-order valence-electron chi connectivity index (χ2n) is 3.87. The van der Waals surface area contributed by atoms with Gasteiger partial charge in [0.2, 0.25) is 0 Å². The molecule has 0 saturated carbocycles. The minimum atomic E-state index is -0.104. The highest BCUT2D eigenvalue weighted by molar-refractivity contribution is 7.09. The maximum Gasteiger partial charge on any atom is 0.273 e. The molecule has 1 aromatic heterocycles. The lowest BCUT2D eigenvalue weighted by atomic mass is 10.2. The van der Waals surface area contributed by atoms with Crippen LogP contribution in [0, 0.1) is 0 Å². The lowest BCUT2D eigenvalue weighted by molar-refractivity contribution is 0.0766. The Hall–Kier alpha value is -1.20. The topological polar surface area (TPSA) is 59.2 Å². The molecule has 2 heterocycles. The number of nitrogens with zero attached hydrogens (tertiary/aromatic N) is 2. The molecule has 86 valence electrons. The number of rotatable bonds is 2. The molecule has 1 amide bonds. The summed E-state index contributed by atoms with van der Waals surface area (Å²) < 4.78 is 0.